The Morgan fingerprint density at radius 1 is 1.44 bits per heavy atom. The van der Waals surface area contributed by atoms with Crippen LogP contribution in [0.3, 0.4) is 0 Å². The maximum Gasteiger partial charge on any atom is 0.0467 e. The van der Waals surface area contributed by atoms with E-state index in [1.807, 2.05) is 0 Å². The molecule has 0 radical (unpaired) electrons. The Morgan fingerprint density at radius 3 is 2.11 bits per heavy atom. The molecule has 3 N–H and O–H groups in total. The Balaban J connectivity index is 2.45. The van der Waals surface area contributed by atoms with Crippen LogP contribution in [0.25, 0.3) is 0 Å². The van der Waals surface area contributed by atoms with Gasteiger partial charge in [-0.25, -0.2) is 0 Å². The summed E-state index contributed by atoms with van der Waals surface area (Å²) < 4.78 is 0. The summed E-state index contributed by atoms with van der Waals surface area (Å²) in [7, 11) is 0. The molecule has 0 amide bonds. The van der Waals surface area contributed by atoms with Crippen LogP contribution in [0, 0.1) is 17.3 Å². The molecule has 0 aliphatic heterocycles. The highest BCUT2D eigenvalue weighted by molar-refractivity contribution is 5.04. The summed E-state index contributed by atoms with van der Waals surface area (Å²) in [6, 6.07) is 0. The van der Waals surface area contributed by atoms with Crippen molar-refractivity contribution < 1.29 is 5.11 Å². The van der Waals surface area contributed by atoms with Gasteiger partial charge in [0.25, 0.3) is 0 Å². The minimum atomic E-state index is 0.300. The standard InChI is InChI=1S/C7H15NO/c1-7(2)5(3-8)6(7)4-9/h5-6,9H,3-4,8H2,1-2H3/t5?,6-/m1/s1. The first kappa shape index (κ1) is 7.03. The lowest BCUT2D eigenvalue weighted by Crippen LogP contribution is -2.05. The zero-order chi connectivity index (χ0) is 7.07. The topological polar surface area (TPSA) is 46.2 Å². The highest BCUT2D eigenvalue weighted by Gasteiger charge is 2.55. The number of hydrogen-bond donors (Lipinski definition) is 2. The Labute approximate surface area is 56.1 Å². The van der Waals surface area contributed by atoms with Gasteiger partial charge in [-0.05, 0) is 23.8 Å². The normalized spacial score (nSPS) is 38.7. The maximum absolute atomic E-state index is 8.79. The van der Waals surface area contributed by atoms with Gasteiger partial charge in [0.1, 0.15) is 0 Å². The van der Waals surface area contributed by atoms with Gasteiger partial charge in [-0.3, -0.25) is 0 Å². The second-order valence-corrected chi connectivity index (χ2v) is 3.45. The summed E-state index contributed by atoms with van der Waals surface area (Å²) >= 11 is 0. The van der Waals surface area contributed by atoms with Crippen LogP contribution >= 0.6 is 0 Å². The molecule has 9 heavy (non-hydrogen) atoms. The van der Waals surface area contributed by atoms with E-state index < -0.39 is 0 Å². The Bertz CT molecular complexity index is 99.5. The third-order valence-corrected chi connectivity index (χ3v) is 2.74. The predicted octanol–water partition coefficient (Wildman–Crippen LogP) is 0.210. The molecule has 0 aromatic carbocycles. The average molecular weight is 129 g/mol. The zero-order valence-electron chi connectivity index (χ0n) is 6.09. The van der Waals surface area contributed by atoms with Gasteiger partial charge in [0.15, 0.2) is 0 Å². The molecule has 2 atom stereocenters. The van der Waals surface area contributed by atoms with E-state index in [9.17, 15) is 0 Å². The summed E-state index contributed by atoms with van der Waals surface area (Å²) in [6.07, 6.45) is 0. The summed E-state index contributed by atoms with van der Waals surface area (Å²) in [6.45, 7) is 5.34. The van der Waals surface area contributed by atoms with E-state index in [1.165, 1.54) is 0 Å². The SMILES string of the molecule is CC1(C)C(CN)[C@H]1CO. The van der Waals surface area contributed by atoms with Gasteiger partial charge < -0.3 is 10.8 Å². The number of rotatable bonds is 2. The van der Waals surface area contributed by atoms with Crippen molar-refractivity contribution in [3.8, 4) is 0 Å². The lowest BCUT2D eigenvalue weighted by Gasteiger charge is -1.97. The Hall–Kier alpha value is -0.0800. The van der Waals surface area contributed by atoms with E-state index in [2.05, 4.69) is 13.8 Å². The fraction of sp³-hybridized carbons (Fsp3) is 1.00. The average Bonchev–Trinajstić information content (AvgIpc) is 2.32. The van der Waals surface area contributed by atoms with E-state index >= 15 is 0 Å². The van der Waals surface area contributed by atoms with Crippen molar-refractivity contribution >= 4 is 0 Å². The van der Waals surface area contributed by atoms with Gasteiger partial charge in [0.2, 0.25) is 0 Å². The molecular formula is C7H15NO. The second kappa shape index (κ2) is 1.96. The monoisotopic (exact) mass is 129 g/mol. The van der Waals surface area contributed by atoms with Crippen molar-refractivity contribution in [2.24, 2.45) is 23.0 Å². The molecule has 1 rings (SSSR count). The minimum Gasteiger partial charge on any atom is -0.396 e. The van der Waals surface area contributed by atoms with Crippen LogP contribution in [0.2, 0.25) is 0 Å². The van der Waals surface area contributed by atoms with E-state index in [4.69, 9.17) is 10.8 Å². The molecule has 1 aliphatic carbocycles. The van der Waals surface area contributed by atoms with Gasteiger partial charge >= 0.3 is 0 Å². The van der Waals surface area contributed by atoms with Crippen LogP contribution in [0.4, 0.5) is 0 Å². The van der Waals surface area contributed by atoms with Gasteiger partial charge in [0, 0.05) is 6.61 Å². The van der Waals surface area contributed by atoms with E-state index in [0.29, 0.717) is 23.9 Å². The van der Waals surface area contributed by atoms with Crippen LogP contribution in [0.1, 0.15) is 13.8 Å². The third-order valence-electron chi connectivity index (χ3n) is 2.74. The molecule has 0 saturated heterocycles. The summed E-state index contributed by atoms with van der Waals surface area (Å²) in [5.74, 6) is 1.02. The van der Waals surface area contributed by atoms with Crippen LogP contribution in [0.15, 0.2) is 0 Å². The summed E-state index contributed by atoms with van der Waals surface area (Å²) in [5.41, 5.74) is 5.77. The molecule has 0 spiro atoms. The smallest absolute Gasteiger partial charge is 0.0467 e. The molecule has 1 saturated carbocycles. The number of aliphatic hydroxyl groups is 1. The predicted molar refractivity (Wildman–Crippen MR) is 36.9 cm³/mol. The molecule has 2 nitrogen and oxygen atoms in total. The Kier molecular flexibility index (Phi) is 1.53. The van der Waals surface area contributed by atoms with Gasteiger partial charge in [-0.2, -0.15) is 0 Å². The number of hydrogen-bond acceptors (Lipinski definition) is 2. The molecule has 1 unspecified atom stereocenters. The first-order valence-corrected chi connectivity index (χ1v) is 3.45. The third kappa shape index (κ3) is 0.864. The number of aliphatic hydroxyl groups excluding tert-OH is 1. The fourth-order valence-corrected chi connectivity index (χ4v) is 1.69. The highest BCUT2D eigenvalue weighted by Crippen LogP contribution is 2.56. The van der Waals surface area contributed by atoms with Gasteiger partial charge in [0.05, 0.1) is 0 Å². The van der Waals surface area contributed by atoms with Crippen LogP contribution in [-0.4, -0.2) is 18.3 Å². The molecule has 54 valence electrons. The van der Waals surface area contributed by atoms with Crippen LogP contribution in [0.5, 0.6) is 0 Å². The molecule has 1 aliphatic rings. The van der Waals surface area contributed by atoms with Gasteiger partial charge in [-0.15, -0.1) is 0 Å². The second-order valence-electron chi connectivity index (χ2n) is 3.45. The van der Waals surface area contributed by atoms with Crippen molar-refractivity contribution in [3.63, 3.8) is 0 Å². The van der Waals surface area contributed by atoms with Crippen molar-refractivity contribution in [2.45, 2.75) is 13.8 Å². The molecule has 0 aromatic heterocycles. The minimum absolute atomic E-state index is 0.300. The maximum atomic E-state index is 8.79. The summed E-state index contributed by atoms with van der Waals surface area (Å²) in [4.78, 5) is 0. The first-order valence-electron chi connectivity index (χ1n) is 3.45. The van der Waals surface area contributed by atoms with Crippen molar-refractivity contribution in [1.82, 2.24) is 0 Å². The highest BCUT2D eigenvalue weighted by atomic mass is 16.3. The first-order chi connectivity index (χ1) is 4.14. The van der Waals surface area contributed by atoms with Crippen LogP contribution in [-0.2, 0) is 0 Å². The van der Waals surface area contributed by atoms with E-state index in [-0.39, 0.29) is 0 Å². The van der Waals surface area contributed by atoms with Crippen molar-refractivity contribution in [2.75, 3.05) is 13.2 Å². The molecular weight excluding hydrogens is 114 g/mol. The molecule has 0 bridgehead atoms. The quantitative estimate of drug-likeness (QED) is 0.560. The van der Waals surface area contributed by atoms with Gasteiger partial charge in [-0.1, -0.05) is 13.8 Å². The number of nitrogens with two attached hydrogens (primary N) is 1. The Morgan fingerprint density at radius 2 is 2.00 bits per heavy atom. The summed E-state index contributed by atoms with van der Waals surface area (Å²) in [5, 5.41) is 8.79. The molecule has 0 heterocycles. The van der Waals surface area contributed by atoms with E-state index in [0.717, 1.165) is 6.54 Å². The lowest BCUT2D eigenvalue weighted by atomic mass is 10.1. The largest absolute Gasteiger partial charge is 0.396 e. The van der Waals surface area contributed by atoms with Crippen molar-refractivity contribution in [1.29, 1.82) is 0 Å². The van der Waals surface area contributed by atoms with Crippen molar-refractivity contribution in [3.05, 3.63) is 0 Å². The lowest BCUT2D eigenvalue weighted by molar-refractivity contribution is 0.255. The molecule has 2 heteroatoms. The fourth-order valence-electron chi connectivity index (χ4n) is 1.69. The van der Waals surface area contributed by atoms with Crippen LogP contribution < -0.4 is 5.73 Å². The molecule has 0 aromatic rings. The zero-order valence-corrected chi connectivity index (χ0v) is 6.09. The van der Waals surface area contributed by atoms with E-state index in [1.54, 1.807) is 0 Å². The molecule has 1 fully saturated rings.